The van der Waals surface area contributed by atoms with Gasteiger partial charge in [0.2, 0.25) is 5.95 Å². The number of piperidine rings is 1. The average Bonchev–Trinajstić information content (AvgIpc) is 3.05. The molecule has 6 nitrogen and oxygen atoms in total. The van der Waals surface area contributed by atoms with Crippen LogP contribution >= 0.6 is 0 Å². The van der Waals surface area contributed by atoms with E-state index in [1.165, 1.54) is 6.07 Å². The largest absolute Gasteiger partial charge is 0.370 e. The predicted molar refractivity (Wildman–Crippen MR) is 86.0 cm³/mol. The van der Waals surface area contributed by atoms with E-state index in [-0.39, 0.29) is 5.56 Å². The summed E-state index contributed by atoms with van der Waals surface area (Å²) in [6.07, 6.45) is 1.78. The molecule has 3 rings (SSSR count). The Bertz CT molecular complexity index is 724. The topological polar surface area (TPSA) is 71.8 Å². The fraction of sp³-hybridized carbons (Fsp3) is 0.438. The average molecular weight is 314 g/mol. The minimum atomic E-state index is -0.460. The molecule has 1 aromatic carbocycles. The van der Waals surface area contributed by atoms with E-state index in [2.05, 4.69) is 20.1 Å². The zero-order valence-corrected chi connectivity index (χ0v) is 13.3. The number of aromatic nitrogens is 3. The highest BCUT2D eigenvalue weighted by atomic mass is 19.1. The maximum absolute atomic E-state index is 13.7. The van der Waals surface area contributed by atoms with Crippen molar-refractivity contribution in [1.82, 2.24) is 15.2 Å². The highest BCUT2D eigenvalue weighted by Crippen LogP contribution is 2.31. The minimum Gasteiger partial charge on any atom is -0.370 e. The number of nitrogens with one attached hydrogen (secondary N) is 1. The number of nitriles is 1. The molecule has 0 radical (unpaired) electrons. The maximum Gasteiger partial charge on any atom is 0.244 e. The van der Waals surface area contributed by atoms with Crippen LogP contribution in [-0.2, 0) is 0 Å². The number of anilines is 2. The second-order valence-electron chi connectivity index (χ2n) is 5.92. The molecule has 0 aliphatic carbocycles. The van der Waals surface area contributed by atoms with Crippen LogP contribution in [0, 0.1) is 17.1 Å². The molecule has 0 saturated carbocycles. The van der Waals surface area contributed by atoms with Gasteiger partial charge in [0.1, 0.15) is 23.3 Å². The molecule has 0 unspecified atom stereocenters. The highest BCUT2D eigenvalue weighted by molar-refractivity contribution is 5.60. The van der Waals surface area contributed by atoms with E-state index in [1.807, 2.05) is 25.1 Å². The minimum absolute atomic E-state index is 0.125. The van der Waals surface area contributed by atoms with Crippen LogP contribution in [0.15, 0.2) is 18.2 Å². The highest BCUT2D eigenvalue weighted by Gasteiger charge is 2.25. The van der Waals surface area contributed by atoms with Crippen LogP contribution in [-0.4, -0.2) is 42.4 Å². The number of benzene rings is 1. The molecule has 1 fully saturated rings. The number of halogens is 1. The molecular weight excluding hydrogens is 295 g/mol. The third-order valence-corrected chi connectivity index (χ3v) is 4.22. The van der Waals surface area contributed by atoms with E-state index in [9.17, 15) is 9.65 Å². The third kappa shape index (κ3) is 2.97. The number of hydrogen-bond acceptors (Lipinski definition) is 5. The van der Waals surface area contributed by atoms with Crippen LogP contribution in [0.4, 0.5) is 16.0 Å². The number of rotatable bonds is 3. The third-order valence-electron chi connectivity index (χ3n) is 4.22. The SMILES string of the molecule is CN(C)c1n[nH]c(C2CCN(c3cccc(F)c3C#N)CC2)n1. The smallest absolute Gasteiger partial charge is 0.244 e. The lowest BCUT2D eigenvalue weighted by atomic mass is 9.95. The van der Waals surface area contributed by atoms with Crippen molar-refractivity contribution >= 4 is 11.6 Å². The van der Waals surface area contributed by atoms with Crippen molar-refractivity contribution < 1.29 is 4.39 Å². The van der Waals surface area contributed by atoms with Crippen molar-refractivity contribution in [3.05, 3.63) is 35.4 Å². The van der Waals surface area contributed by atoms with Gasteiger partial charge in [-0.25, -0.2) is 4.39 Å². The number of H-pyrrole nitrogens is 1. The molecule has 0 atom stereocenters. The second-order valence-corrected chi connectivity index (χ2v) is 5.92. The Labute approximate surface area is 134 Å². The summed E-state index contributed by atoms with van der Waals surface area (Å²) in [6.45, 7) is 1.53. The van der Waals surface area contributed by atoms with E-state index in [1.54, 1.807) is 12.1 Å². The van der Waals surface area contributed by atoms with Crippen molar-refractivity contribution in [1.29, 1.82) is 5.26 Å². The summed E-state index contributed by atoms with van der Waals surface area (Å²) in [6, 6.07) is 6.75. The van der Waals surface area contributed by atoms with Gasteiger partial charge in [-0.05, 0) is 25.0 Å². The van der Waals surface area contributed by atoms with Gasteiger partial charge in [0.05, 0.1) is 5.69 Å². The van der Waals surface area contributed by atoms with E-state index in [4.69, 9.17) is 0 Å². The van der Waals surface area contributed by atoms with E-state index >= 15 is 0 Å². The van der Waals surface area contributed by atoms with Gasteiger partial charge in [0.15, 0.2) is 0 Å². The molecule has 120 valence electrons. The lowest BCUT2D eigenvalue weighted by molar-refractivity contribution is 0.486. The molecule has 2 aromatic rings. The summed E-state index contributed by atoms with van der Waals surface area (Å²) in [4.78, 5) is 8.44. The number of aromatic amines is 1. The first kappa shape index (κ1) is 15.3. The van der Waals surface area contributed by atoms with Gasteiger partial charge in [0.25, 0.3) is 0 Å². The Hall–Kier alpha value is -2.62. The summed E-state index contributed by atoms with van der Waals surface area (Å²) in [5, 5.41) is 16.4. The first-order valence-corrected chi connectivity index (χ1v) is 7.63. The van der Waals surface area contributed by atoms with Crippen molar-refractivity contribution in [2.45, 2.75) is 18.8 Å². The Morgan fingerprint density at radius 1 is 1.35 bits per heavy atom. The van der Waals surface area contributed by atoms with Crippen LogP contribution in [0.2, 0.25) is 0 Å². The van der Waals surface area contributed by atoms with Crippen LogP contribution in [0.25, 0.3) is 0 Å². The lowest BCUT2D eigenvalue weighted by Gasteiger charge is -2.33. The van der Waals surface area contributed by atoms with Gasteiger partial charge in [-0.3, -0.25) is 5.10 Å². The van der Waals surface area contributed by atoms with Crippen molar-refractivity contribution in [3.8, 4) is 6.07 Å². The van der Waals surface area contributed by atoms with Crippen LogP contribution in [0.3, 0.4) is 0 Å². The lowest BCUT2D eigenvalue weighted by Crippen LogP contribution is -2.33. The molecule has 1 saturated heterocycles. The first-order chi connectivity index (χ1) is 11.1. The Balaban J connectivity index is 1.71. The van der Waals surface area contributed by atoms with Gasteiger partial charge in [-0.15, -0.1) is 5.10 Å². The molecule has 0 amide bonds. The molecule has 7 heteroatoms. The Morgan fingerprint density at radius 3 is 2.70 bits per heavy atom. The molecular formula is C16H19FN6. The summed E-state index contributed by atoms with van der Waals surface area (Å²) in [5.74, 6) is 1.43. The van der Waals surface area contributed by atoms with E-state index in [0.717, 1.165) is 31.8 Å². The molecule has 1 aliphatic heterocycles. The summed E-state index contributed by atoms with van der Waals surface area (Å²) in [7, 11) is 3.81. The predicted octanol–water partition coefficient (Wildman–Crippen LogP) is 2.27. The Morgan fingerprint density at radius 2 is 2.09 bits per heavy atom. The van der Waals surface area contributed by atoms with E-state index in [0.29, 0.717) is 17.6 Å². The van der Waals surface area contributed by atoms with Gasteiger partial charge in [-0.2, -0.15) is 10.2 Å². The van der Waals surface area contributed by atoms with Crippen LogP contribution in [0.5, 0.6) is 0 Å². The summed E-state index contributed by atoms with van der Waals surface area (Å²) in [5.41, 5.74) is 0.804. The summed E-state index contributed by atoms with van der Waals surface area (Å²) < 4.78 is 13.7. The van der Waals surface area contributed by atoms with E-state index < -0.39 is 5.82 Å². The van der Waals surface area contributed by atoms with Gasteiger partial charge < -0.3 is 9.80 Å². The zero-order chi connectivity index (χ0) is 16.4. The van der Waals surface area contributed by atoms with Gasteiger partial charge >= 0.3 is 0 Å². The second kappa shape index (κ2) is 6.24. The van der Waals surface area contributed by atoms with Crippen molar-refractivity contribution in [2.75, 3.05) is 37.0 Å². The molecule has 23 heavy (non-hydrogen) atoms. The molecule has 0 bridgehead atoms. The summed E-state index contributed by atoms with van der Waals surface area (Å²) >= 11 is 0. The Kier molecular flexibility index (Phi) is 4.15. The normalized spacial score (nSPS) is 15.5. The number of nitrogens with zero attached hydrogens (tertiary/aromatic N) is 5. The first-order valence-electron chi connectivity index (χ1n) is 7.63. The standard InChI is InChI=1S/C16H19FN6/c1-22(2)16-19-15(20-21-16)11-6-8-23(9-7-11)14-5-3-4-13(17)12(14)10-18/h3-5,11H,6-9H2,1-2H3,(H,19,20,21). The van der Waals surface area contributed by atoms with Gasteiger partial charge in [-0.1, -0.05) is 6.07 Å². The monoisotopic (exact) mass is 314 g/mol. The molecule has 1 N–H and O–H groups in total. The molecule has 2 heterocycles. The molecule has 0 spiro atoms. The van der Waals surface area contributed by atoms with Crippen molar-refractivity contribution in [3.63, 3.8) is 0 Å². The van der Waals surface area contributed by atoms with Crippen LogP contribution in [0.1, 0.15) is 30.1 Å². The molecule has 1 aromatic heterocycles. The zero-order valence-electron chi connectivity index (χ0n) is 13.3. The number of hydrogen-bond donors (Lipinski definition) is 1. The maximum atomic E-state index is 13.7. The quantitative estimate of drug-likeness (QED) is 0.941. The van der Waals surface area contributed by atoms with Crippen LogP contribution < -0.4 is 9.80 Å². The fourth-order valence-electron chi connectivity index (χ4n) is 2.93. The van der Waals surface area contributed by atoms with Gasteiger partial charge in [0, 0.05) is 33.1 Å². The fourth-order valence-corrected chi connectivity index (χ4v) is 2.93. The molecule has 1 aliphatic rings. The van der Waals surface area contributed by atoms with Crippen molar-refractivity contribution in [2.24, 2.45) is 0 Å².